The second kappa shape index (κ2) is 2.70. The number of hydrogen-bond donors (Lipinski definition) is 0. The van der Waals surface area contributed by atoms with Crippen LogP contribution in [0.2, 0.25) is 0 Å². The molecule has 20 heavy (non-hydrogen) atoms. The molecule has 11 heteroatoms. The van der Waals surface area contributed by atoms with Gasteiger partial charge in [0.15, 0.2) is 11.7 Å². The van der Waals surface area contributed by atoms with E-state index in [1.165, 1.54) is 0 Å². The van der Waals surface area contributed by atoms with Crippen LogP contribution >= 0.6 is 0 Å². The van der Waals surface area contributed by atoms with E-state index in [2.05, 4.69) is 4.74 Å². The van der Waals surface area contributed by atoms with E-state index in [0.29, 0.717) is 0 Å². The van der Waals surface area contributed by atoms with Crippen LogP contribution in [0.25, 0.3) is 0 Å². The summed E-state index contributed by atoms with van der Waals surface area (Å²) in [5.74, 6) is -18.4. The van der Waals surface area contributed by atoms with Crippen LogP contribution in [-0.4, -0.2) is 40.5 Å². The number of carbonyl (C=O) groups is 2. The highest BCUT2D eigenvalue weighted by Gasteiger charge is 3.09. The summed E-state index contributed by atoms with van der Waals surface area (Å²) in [5.41, 5.74) is -22.0. The highest BCUT2D eigenvalue weighted by atomic mass is 19.3. The van der Waals surface area contributed by atoms with Gasteiger partial charge in [-0.25, -0.2) is 35.9 Å². The molecule has 110 valence electrons. The summed E-state index contributed by atoms with van der Waals surface area (Å²) < 4.78 is 113. The van der Waals surface area contributed by atoms with Gasteiger partial charge in [0.25, 0.3) is 11.3 Å². The van der Waals surface area contributed by atoms with Crippen molar-refractivity contribution < 1.29 is 49.4 Å². The molecule has 0 radical (unpaired) electrons. The molecule has 0 amide bonds. The molecule has 2 fully saturated rings. The fraction of sp³-hybridized carbons (Fsp3) is 0.556. The minimum absolute atomic E-state index is 2.89. The zero-order valence-electron chi connectivity index (χ0n) is 8.75. The molecule has 0 aromatic carbocycles. The van der Waals surface area contributed by atoms with E-state index < -0.39 is 52.2 Å². The minimum atomic E-state index is -6.01. The van der Waals surface area contributed by atoms with Crippen molar-refractivity contribution in [3.05, 3.63) is 11.7 Å². The molecule has 4 atom stereocenters. The number of alkyl halides is 6. The number of hydrogen-bond acceptors (Lipinski definition) is 3. The second-order valence-corrected chi connectivity index (χ2v) is 4.51. The van der Waals surface area contributed by atoms with E-state index in [1.807, 2.05) is 0 Å². The standard InChI is InChI=1S/C9F8O3/c10-1-2(11)6(13)8(15)4(19)20-3(18)7(8,14)5(1,12)9(6,16)17. The van der Waals surface area contributed by atoms with Crippen molar-refractivity contribution in [1.29, 1.82) is 0 Å². The van der Waals surface area contributed by atoms with Crippen LogP contribution in [0.5, 0.6) is 0 Å². The van der Waals surface area contributed by atoms with Crippen LogP contribution in [0.15, 0.2) is 11.7 Å². The van der Waals surface area contributed by atoms with Crippen molar-refractivity contribution in [2.45, 2.75) is 28.6 Å². The van der Waals surface area contributed by atoms with Crippen LogP contribution < -0.4 is 0 Å². The Balaban J connectivity index is 2.54. The van der Waals surface area contributed by atoms with Gasteiger partial charge in [-0.1, -0.05) is 0 Å². The predicted octanol–water partition coefficient (Wildman–Crippen LogP) is 1.72. The van der Waals surface area contributed by atoms with E-state index in [0.717, 1.165) is 0 Å². The molecule has 0 spiro atoms. The van der Waals surface area contributed by atoms with E-state index in [1.54, 1.807) is 0 Å². The molecule has 3 nitrogen and oxygen atoms in total. The lowest BCUT2D eigenvalue weighted by Gasteiger charge is -2.32. The number of fused-ring (bicyclic) bond motifs is 5. The summed E-state index contributed by atoms with van der Waals surface area (Å²) in [5, 5.41) is 0. The summed E-state index contributed by atoms with van der Waals surface area (Å²) in [4.78, 5) is 21.9. The first-order valence-electron chi connectivity index (χ1n) is 4.83. The van der Waals surface area contributed by atoms with Gasteiger partial charge in [0.2, 0.25) is 0 Å². The van der Waals surface area contributed by atoms with Gasteiger partial charge in [0, 0.05) is 0 Å². The smallest absolute Gasteiger partial charge is 0.360 e. The summed E-state index contributed by atoms with van der Waals surface area (Å²) in [7, 11) is 0. The molecule has 4 unspecified atom stereocenters. The summed E-state index contributed by atoms with van der Waals surface area (Å²) in [6, 6.07) is 0. The monoisotopic (exact) mass is 308 g/mol. The number of esters is 2. The maximum atomic E-state index is 14.2. The largest absolute Gasteiger partial charge is 0.388 e. The van der Waals surface area contributed by atoms with E-state index in [-0.39, 0.29) is 0 Å². The lowest BCUT2D eigenvalue weighted by Crippen LogP contribution is -2.64. The van der Waals surface area contributed by atoms with Gasteiger partial charge in [-0.2, -0.15) is 8.78 Å². The first-order valence-corrected chi connectivity index (χ1v) is 4.83. The Morgan fingerprint density at radius 2 is 0.950 bits per heavy atom. The molecule has 2 aliphatic carbocycles. The summed E-state index contributed by atoms with van der Waals surface area (Å²) in [6.45, 7) is 0. The average molecular weight is 308 g/mol. The maximum absolute atomic E-state index is 14.2. The molecule has 0 N–H and O–H groups in total. The molecule has 1 heterocycles. The zero-order valence-corrected chi connectivity index (χ0v) is 8.75. The van der Waals surface area contributed by atoms with E-state index in [4.69, 9.17) is 0 Å². The van der Waals surface area contributed by atoms with E-state index >= 15 is 0 Å². The Labute approximate surface area is 103 Å². The van der Waals surface area contributed by atoms with Crippen LogP contribution in [0.4, 0.5) is 35.1 Å². The van der Waals surface area contributed by atoms with Crippen molar-refractivity contribution in [1.82, 2.24) is 0 Å². The van der Waals surface area contributed by atoms with Gasteiger partial charge in [-0.05, 0) is 0 Å². The zero-order chi connectivity index (χ0) is 15.5. The molecule has 1 saturated heterocycles. The number of allylic oxidation sites excluding steroid dienone is 2. The van der Waals surface area contributed by atoms with Crippen LogP contribution in [0.3, 0.4) is 0 Å². The van der Waals surface area contributed by atoms with Crippen LogP contribution in [0, 0.1) is 0 Å². The number of ether oxygens (including phenoxy) is 1. The van der Waals surface area contributed by atoms with Crippen LogP contribution in [0.1, 0.15) is 0 Å². The maximum Gasteiger partial charge on any atom is 0.360 e. The van der Waals surface area contributed by atoms with Crippen molar-refractivity contribution in [3.8, 4) is 0 Å². The fourth-order valence-electron chi connectivity index (χ4n) is 2.81. The first kappa shape index (κ1) is 13.3. The highest BCUT2D eigenvalue weighted by Crippen LogP contribution is 2.78. The highest BCUT2D eigenvalue weighted by molar-refractivity contribution is 6.10. The SMILES string of the molecule is O=C1OC(=O)C2(F)C3(F)C(F)=C(F)C(F)(C3(F)F)C12F. The summed E-state index contributed by atoms with van der Waals surface area (Å²) >= 11 is 0. The minimum Gasteiger partial charge on any atom is -0.388 e. The molecule has 2 bridgehead atoms. The molecular weight excluding hydrogens is 308 g/mol. The van der Waals surface area contributed by atoms with Gasteiger partial charge < -0.3 is 4.74 Å². The third-order valence-corrected chi connectivity index (χ3v) is 3.83. The molecule has 1 aliphatic heterocycles. The number of cyclic esters (lactones) is 2. The number of carbonyl (C=O) groups excluding carboxylic acids is 2. The van der Waals surface area contributed by atoms with Gasteiger partial charge in [-0.3, -0.25) is 0 Å². The van der Waals surface area contributed by atoms with Gasteiger partial charge in [0.1, 0.15) is 0 Å². The van der Waals surface area contributed by atoms with Crippen molar-refractivity contribution >= 4 is 11.9 Å². The Bertz CT molecular complexity index is 567. The lowest BCUT2D eigenvalue weighted by molar-refractivity contribution is -0.194. The molecule has 3 rings (SSSR count). The van der Waals surface area contributed by atoms with Gasteiger partial charge in [-0.15, -0.1) is 0 Å². The molecule has 1 saturated carbocycles. The average Bonchev–Trinajstić information content (AvgIpc) is 2.65. The Hall–Kier alpha value is -1.68. The van der Waals surface area contributed by atoms with Crippen molar-refractivity contribution in [3.63, 3.8) is 0 Å². The quantitative estimate of drug-likeness (QED) is 0.389. The Kier molecular flexibility index (Phi) is 1.80. The van der Waals surface area contributed by atoms with Crippen molar-refractivity contribution in [2.24, 2.45) is 0 Å². The first-order chi connectivity index (χ1) is 8.86. The van der Waals surface area contributed by atoms with Gasteiger partial charge >= 0.3 is 29.2 Å². The molecule has 0 aromatic heterocycles. The lowest BCUT2D eigenvalue weighted by atomic mass is 9.76. The molecule has 3 aliphatic rings. The second-order valence-electron chi connectivity index (χ2n) is 4.51. The third-order valence-electron chi connectivity index (χ3n) is 3.83. The number of halogens is 8. The topological polar surface area (TPSA) is 43.4 Å². The van der Waals surface area contributed by atoms with Crippen LogP contribution in [-0.2, 0) is 14.3 Å². The summed E-state index contributed by atoms with van der Waals surface area (Å²) in [6.07, 6.45) is 0. The molecule has 0 aromatic rings. The normalized spacial score (nSPS) is 52.6. The molecular formula is C9F8O3. The fourth-order valence-corrected chi connectivity index (χ4v) is 2.81. The predicted molar refractivity (Wildman–Crippen MR) is 40.6 cm³/mol. The van der Waals surface area contributed by atoms with E-state index in [9.17, 15) is 44.7 Å². The Morgan fingerprint density at radius 1 is 0.650 bits per heavy atom. The Morgan fingerprint density at radius 3 is 1.25 bits per heavy atom. The number of rotatable bonds is 0. The third kappa shape index (κ3) is 0.675. The van der Waals surface area contributed by atoms with Crippen molar-refractivity contribution in [2.75, 3.05) is 0 Å². The van der Waals surface area contributed by atoms with Gasteiger partial charge in [0.05, 0.1) is 0 Å².